The van der Waals surface area contributed by atoms with Crippen molar-refractivity contribution in [3.8, 4) is 17.2 Å². The van der Waals surface area contributed by atoms with Gasteiger partial charge >= 0.3 is 5.97 Å². The van der Waals surface area contributed by atoms with Crippen LogP contribution in [-0.2, 0) is 0 Å². The van der Waals surface area contributed by atoms with Gasteiger partial charge in [-0.15, -0.1) is 0 Å². The van der Waals surface area contributed by atoms with Crippen molar-refractivity contribution in [2.24, 2.45) is 5.10 Å². The third-order valence-corrected chi connectivity index (χ3v) is 3.27. The van der Waals surface area contributed by atoms with E-state index in [1.165, 1.54) is 12.1 Å². The molecule has 0 heterocycles. The molecule has 0 spiro atoms. The molecule has 0 aliphatic rings. The van der Waals surface area contributed by atoms with Gasteiger partial charge < -0.3 is 19.3 Å². The topological polar surface area (TPSA) is 89.4 Å². The number of carboxylic acid groups (broad SMARTS) is 1. The minimum atomic E-state index is -0.972. The second-order valence-corrected chi connectivity index (χ2v) is 4.70. The second kappa shape index (κ2) is 7.87. The van der Waals surface area contributed by atoms with Crippen LogP contribution in [0.15, 0.2) is 41.5 Å². The van der Waals surface area contributed by atoms with Crippen LogP contribution in [0.25, 0.3) is 0 Å². The molecule has 0 radical (unpaired) electrons. The molecule has 0 unspecified atom stereocenters. The van der Waals surface area contributed by atoms with E-state index in [1.807, 2.05) is 0 Å². The van der Waals surface area contributed by atoms with Crippen molar-refractivity contribution in [2.45, 2.75) is 0 Å². The molecule has 24 heavy (non-hydrogen) atoms. The summed E-state index contributed by atoms with van der Waals surface area (Å²) >= 11 is 0. The number of carbonyl (C=O) groups is 1. The molecule has 0 amide bonds. The number of benzene rings is 2. The monoisotopic (exact) mass is 330 g/mol. The number of hydrogen-bond acceptors (Lipinski definition) is 6. The molecule has 2 aromatic rings. The SMILES string of the molecule is COc1cc(OC)c(OC)cc1/C=N/Nc1ccc(C(=O)O)cc1. The Labute approximate surface area is 139 Å². The van der Waals surface area contributed by atoms with Gasteiger partial charge in [-0.1, -0.05) is 0 Å². The number of hydrazone groups is 1. The van der Waals surface area contributed by atoms with Crippen LogP contribution in [0.1, 0.15) is 15.9 Å². The summed E-state index contributed by atoms with van der Waals surface area (Å²) in [6.07, 6.45) is 1.58. The Hall–Kier alpha value is -3.22. The number of nitrogens with zero attached hydrogens (tertiary/aromatic N) is 1. The van der Waals surface area contributed by atoms with E-state index in [-0.39, 0.29) is 5.56 Å². The molecule has 126 valence electrons. The summed E-state index contributed by atoms with van der Waals surface area (Å²) < 4.78 is 15.8. The van der Waals surface area contributed by atoms with Gasteiger partial charge in [0.25, 0.3) is 0 Å². The molecule has 0 aromatic heterocycles. The number of hydrogen-bond donors (Lipinski definition) is 2. The van der Waals surface area contributed by atoms with E-state index in [0.29, 0.717) is 28.5 Å². The summed E-state index contributed by atoms with van der Waals surface area (Å²) in [5, 5.41) is 13.0. The third-order valence-electron chi connectivity index (χ3n) is 3.27. The van der Waals surface area contributed by atoms with Crippen molar-refractivity contribution in [2.75, 3.05) is 26.8 Å². The van der Waals surface area contributed by atoms with E-state index >= 15 is 0 Å². The van der Waals surface area contributed by atoms with Crippen molar-refractivity contribution < 1.29 is 24.1 Å². The normalized spacial score (nSPS) is 10.5. The highest BCUT2D eigenvalue weighted by Gasteiger charge is 2.10. The number of aromatic carboxylic acids is 1. The van der Waals surface area contributed by atoms with Crippen LogP contribution in [0, 0.1) is 0 Å². The molecule has 0 bridgehead atoms. The zero-order chi connectivity index (χ0) is 17.5. The lowest BCUT2D eigenvalue weighted by molar-refractivity contribution is 0.0697. The predicted octanol–water partition coefficient (Wildman–Crippen LogP) is 2.86. The Balaban J connectivity index is 2.17. The Morgan fingerprint density at radius 2 is 1.58 bits per heavy atom. The van der Waals surface area contributed by atoms with Crippen molar-refractivity contribution in [3.63, 3.8) is 0 Å². The van der Waals surface area contributed by atoms with Crippen LogP contribution < -0.4 is 19.6 Å². The number of anilines is 1. The van der Waals surface area contributed by atoms with Crippen molar-refractivity contribution in [1.82, 2.24) is 0 Å². The summed E-state index contributed by atoms with van der Waals surface area (Å²) in [5.41, 5.74) is 4.40. The molecule has 0 atom stereocenters. The van der Waals surface area contributed by atoms with Gasteiger partial charge in [0.15, 0.2) is 11.5 Å². The molecular formula is C17H18N2O5. The maximum atomic E-state index is 10.8. The van der Waals surface area contributed by atoms with Gasteiger partial charge in [-0.05, 0) is 30.3 Å². The molecule has 0 saturated heterocycles. The first kappa shape index (κ1) is 17.1. The van der Waals surface area contributed by atoms with Crippen LogP contribution in [0.3, 0.4) is 0 Å². The smallest absolute Gasteiger partial charge is 0.335 e. The molecule has 0 saturated carbocycles. The summed E-state index contributed by atoms with van der Waals surface area (Å²) in [6, 6.07) is 9.71. The van der Waals surface area contributed by atoms with Gasteiger partial charge in [0.05, 0.1) is 38.8 Å². The first-order valence-corrected chi connectivity index (χ1v) is 7.01. The first-order valence-electron chi connectivity index (χ1n) is 7.01. The largest absolute Gasteiger partial charge is 0.496 e. The van der Waals surface area contributed by atoms with Crippen molar-refractivity contribution in [1.29, 1.82) is 0 Å². The Morgan fingerprint density at radius 3 is 2.12 bits per heavy atom. The number of methoxy groups -OCH3 is 3. The average molecular weight is 330 g/mol. The molecule has 2 N–H and O–H groups in total. The fourth-order valence-corrected chi connectivity index (χ4v) is 2.02. The summed E-state index contributed by atoms with van der Waals surface area (Å²) in [5.74, 6) is 0.730. The maximum absolute atomic E-state index is 10.8. The van der Waals surface area contributed by atoms with E-state index in [4.69, 9.17) is 19.3 Å². The Morgan fingerprint density at radius 1 is 1.00 bits per heavy atom. The summed E-state index contributed by atoms with van der Waals surface area (Å²) in [4.78, 5) is 10.8. The van der Waals surface area contributed by atoms with E-state index in [0.717, 1.165) is 0 Å². The number of nitrogens with one attached hydrogen (secondary N) is 1. The minimum Gasteiger partial charge on any atom is -0.496 e. The molecule has 7 heteroatoms. The van der Waals surface area contributed by atoms with Crippen LogP contribution in [-0.4, -0.2) is 38.6 Å². The molecule has 0 fully saturated rings. The van der Waals surface area contributed by atoms with Gasteiger partial charge in [-0.2, -0.15) is 5.10 Å². The molecule has 0 aliphatic heterocycles. The fourth-order valence-electron chi connectivity index (χ4n) is 2.02. The van der Waals surface area contributed by atoms with Crippen molar-refractivity contribution >= 4 is 17.9 Å². The molecular weight excluding hydrogens is 312 g/mol. The Kier molecular flexibility index (Phi) is 5.62. The van der Waals surface area contributed by atoms with Gasteiger partial charge in [0, 0.05) is 11.6 Å². The number of rotatable bonds is 7. The summed E-state index contributed by atoms with van der Waals surface area (Å²) in [7, 11) is 4.65. The Bertz CT molecular complexity index is 741. The average Bonchev–Trinajstić information content (AvgIpc) is 2.61. The van der Waals surface area contributed by atoms with Gasteiger partial charge in [-0.3, -0.25) is 5.43 Å². The minimum absolute atomic E-state index is 0.214. The number of carboxylic acids is 1. The van der Waals surface area contributed by atoms with Crippen LogP contribution >= 0.6 is 0 Å². The highest BCUT2D eigenvalue weighted by molar-refractivity contribution is 5.88. The van der Waals surface area contributed by atoms with Crippen LogP contribution in [0.4, 0.5) is 5.69 Å². The third kappa shape index (κ3) is 3.95. The van der Waals surface area contributed by atoms with E-state index < -0.39 is 5.97 Å². The maximum Gasteiger partial charge on any atom is 0.335 e. The lowest BCUT2D eigenvalue weighted by atomic mass is 10.2. The van der Waals surface area contributed by atoms with E-state index in [9.17, 15) is 4.79 Å². The molecule has 2 rings (SSSR count). The zero-order valence-corrected chi connectivity index (χ0v) is 13.6. The fraction of sp³-hybridized carbons (Fsp3) is 0.176. The van der Waals surface area contributed by atoms with E-state index in [1.54, 1.807) is 51.8 Å². The van der Waals surface area contributed by atoms with Gasteiger partial charge in [0.2, 0.25) is 0 Å². The molecule has 2 aromatic carbocycles. The lowest BCUT2D eigenvalue weighted by Crippen LogP contribution is -1.98. The van der Waals surface area contributed by atoms with Gasteiger partial charge in [0.1, 0.15) is 5.75 Å². The standard InChI is InChI=1S/C17H18N2O5/c1-22-14-9-16(24-3)15(23-2)8-12(14)10-18-19-13-6-4-11(5-7-13)17(20)21/h4-10,19H,1-3H3,(H,20,21)/b18-10+. The quantitative estimate of drug-likeness (QED) is 0.599. The lowest BCUT2D eigenvalue weighted by Gasteiger charge is -2.11. The zero-order valence-electron chi connectivity index (χ0n) is 13.6. The van der Waals surface area contributed by atoms with E-state index in [2.05, 4.69) is 10.5 Å². The molecule has 7 nitrogen and oxygen atoms in total. The van der Waals surface area contributed by atoms with Crippen LogP contribution in [0.2, 0.25) is 0 Å². The highest BCUT2D eigenvalue weighted by Crippen LogP contribution is 2.33. The van der Waals surface area contributed by atoms with Gasteiger partial charge in [-0.25, -0.2) is 4.79 Å². The molecule has 0 aliphatic carbocycles. The first-order chi connectivity index (χ1) is 11.6. The number of ether oxygens (including phenoxy) is 3. The summed E-state index contributed by atoms with van der Waals surface area (Å²) in [6.45, 7) is 0. The highest BCUT2D eigenvalue weighted by atomic mass is 16.5. The predicted molar refractivity (Wildman–Crippen MR) is 90.7 cm³/mol. The van der Waals surface area contributed by atoms with Crippen molar-refractivity contribution in [3.05, 3.63) is 47.5 Å². The van der Waals surface area contributed by atoms with Crippen LogP contribution in [0.5, 0.6) is 17.2 Å². The second-order valence-electron chi connectivity index (χ2n) is 4.70.